The summed E-state index contributed by atoms with van der Waals surface area (Å²) in [5, 5.41) is 4.26. The van der Waals surface area contributed by atoms with Gasteiger partial charge in [-0.3, -0.25) is 4.79 Å². The Kier molecular flexibility index (Phi) is 13.6. The summed E-state index contributed by atoms with van der Waals surface area (Å²) in [7, 11) is 1.67. The highest BCUT2D eigenvalue weighted by molar-refractivity contribution is 5.70. The fraction of sp³-hybridized carbons (Fsp3) is 0.615. The molecule has 198 valence electrons. The zero-order valence-corrected chi connectivity index (χ0v) is 22.0. The van der Waals surface area contributed by atoms with E-state index < -0.39 is 6.09 Å². The van der Waals surface area contributed by atoms with Gasteiger partial charge in [-0.25, -0.2) is 10.6 Å². The Morgan fingerprint density at radius 2 is 1.80 bits per heavy atom. The van der Waals surface area contributed by atoms with Crippen LogP contribution in [0.25, 0.3) is 5.70 Å². The number of ether oxygens (including phenoxy) is 3. The van der Waals surface area contributed by atoms with Crippen LogP contribution in [-0.4, -0.2) is 49.5 Å². The van der Waals surface area contributed by atoms with Crippen LogP contribution in [0.1, 0.15) is 78.2 Å². The van der Waals surface area contributed by atoms with Crippen molar-refractivity contribution < 1.29 is 23.8 Å². The molecule has 0 atom stereocenters. The van der Waals surface area contributed by atoms with Crippen molar-refractivity contribution in [3.8, 4) is 5.75 Å². The van der Waals surface area contributed by atoms with Crippen LogP contribution < -0.4 is 21.6 Å². The lowest BCUT2D eigenvalue weighted by Gasteiger charge is -2.26. The third-order valence-electron chi connectivity index (χ3n) is 5.65. The van der Waals surface area contributed by atoms with E-state index in [0.29, 0.717) is 30.6 Å². The molecule has 1 fully saturated rings. The third-order valence-corrected chi connectivity index (χ3v) is 5.65. The smallest absolute Gasteiger partial charge is 0.407 e. The Hall–Kier alpha value is -2.94. The number of likely N-dealkylation sites (N-methyl/N-ethyl adjacent to an activating group) is 1. The molecule has 0 bridgehead atoms. The van der Waals surface area contributed by atoms with E-state index in [1.807, 2.05) is 38.1 Å². The van der Waals surface area contributed by atoms with E-state index in [1.54, 1.807) is 14.0 Å². The van der Waals surface area contributed by atoms with E-state index in [-0.39, 0.29) is 12.1 Å². The highest BCUT2D eigenvalue weighted by atomic mass is 16.5. The summed E-state index contributed by atoms with van der Waals surface area (Å²) < 4.78 is 15.6. The lowest BCUT2D eigenvalue weighted by molar-refractivity contribution is -0.128. The van der Waals surface area contributed by atoms with Gasteiger partial charge in [0.05, 0.1) is 24.1 Å². The Morgan fingerprint density at radius 3 is 2.29 bits per heavy atom. The quantitative estimate of drug-likeness (QED) is 0.237. The summed E-state index contributed by atoms with van der Waals surface area (Å²) >= 11 is 0. The maximum atomic E-state index is 12.2. The van der Waals surface area contributed by atoms with Crippen LogP contribution >= 0.6 is 0 Å². The predicted molar refractivity (Wildman–Crippen MR) is 138 cm³/mol. The molecule has 1 aromatic rings. The Bertz CT molecular complexity index is 787. The van der Waals surface area contributed by atoms with Crippen molar-refractivity contribution in [2.45, 2.75) is 84.3 Å². The summed E-state index contributed by atoms with van der Waals surface area (Å²) in [5.74, 6) is 6.79. The molecule has 1 aliphatic carbocycles. The highest BCUT2D eigenvalue weighted by Crippen LogP contribution is 2.25. The molecule has 0 radical (unpaired) electrons. The van der Waals surface area contributed by atoms with Gasteiger partial charge in [0.1, 0.15) is 12.4 Å². The number of nitrogens with one attached hydrogen (secondary N) is 1. The summed E-state index contributed by atoms with van der Waals surface area (Å²) in [4.78, 5) is 21.4. The number of carbonyl (C=O) groups is 2. The van der Waals surface area contributed by atoms with Crippen LogP contribution in [0, 0.1) is 0 Å². The van der Waals surface area contributed by atoms with Crippen molar-refractivity contribution >= 4 is 18.3 Å². The van der Waals surface area contributed by atoms with Gasteiger partial charge >= 0.3 is 6.09 Å². The highest BCUT2D eigenvalue weighted by Gasteiger charge is 2.21. The minimum atomic E-state index is -0.489. The number of hydrogen-bond acceptors (Lipinski definition) is 8. The fourth-order valence-corrected chi connectivity index (χ4v) is 3.83. The SMILES string of the molecule is CCCC(C)(C)NC(=O)OC/C(=C(/N)c1ccc(OC2CCCCC2)cc1)N(C)N.CCOC=O. The second kappa shape index (κ2) is 15.9. The van der Waals surface area contributed by atoms with Gasteiger partial charge in [-0.15, -0.1) is 0 Å². The van der Waals surface area contributed by atoms with E-state index in [2.05, 4.69) is 17.0 Å². The predicted octanol–water partition coefficient (Wildman–Crippen LogP) is 4.32. The second-order valence-electron chi connectivity index (χ2n) is 9.26. The Morgan fingerprint density at radius 1 is 1.17 bits per heavy atom. The Balaban J connectivity index is 0.00000111. The van der Waals surface area contributed by atoms with Gasteiger partial charge in [0.2, 0.25) is 0 Å². The number of rotatable bonds is 11. The van der Waals surface area contributed by atoms with E-state index in [4.69, 9.17) is 21.1 Å². The summed E-state index contributed by atoms with van der Waals surface area (Å²) in [6, 6.07) is 7.65. The van der Waals surface area contributed by atoms with Gasteiger partial charge in [-0.05, 0) is 82.7 Å². The first-order chi connectivity index (χ1) is 16.6. The molecule has 1 saturated carbocycles. The average Bonchev–Trinajstić information content (AvgIpc) is 2.80. The van der Waals surface area contributed by atoms with Gasteiger partial charge in [-0.2, -0.15) is 0 Å². The minimum absolute atomic E-state index is 0.0206. The summed E-state index contributed by atoms with van der Waals surface area (Å²) in [6.45, 7) is 8.65. The van der Waals surface area contributed by atoms with Gasteiger partial charge < -0.3 is 30.3 Å². The molecular weight excluding hydrogens is 448 g/mol. The van der Waals surface area contributed by atoms with Gasteiger partial charge in [-0.1, -0.05) is 19.8 Å². The van der Waals surface area contributed by atoms with Crippen LogP contribution in [0.5, 0.6) is 5.75 Å². The molecule has 35 heavy (non-hydrogen) atoms. The fourth-order valence-electron chi connectivity index (χ4n) is 3.83. The van der Waals surface area contributed by atoms with Crippen LogP contribution in [0.4, 0.5) is 4.79 Å². The first kappa shape index (κ1) is 30.1. The number of alkyl carbamates (subject to hydrolysis) is 1. The molecular formula is C26H44N4O5. The number of hydrazine groups is 1. The van der Waals surface area contributed by atoms with Crippen LogP contribution in [0.2, 0.25) is 0 Å². The van der Waals surface area contributed by atoms with Crippen molar-refractivity contribution in [1.82, 2.24) is 10.3 Å². The topological polar surface area (TPSA) is 129 Å². The van der Waals surface area contributed by atoms with Crippen LogP contribution in [0.15, 0.2) is 30.0 Å². The number of nitrogens with two attached hydrogens (primary N) is 2. The number of benzene rings is 1. The maximum absolute atomic E-state index is 12.2. The second-order valence-corrected chi connectivity index (χ2v) is 9.26. The molecule has 1 amide bonds. The number of nitrogens with zero attached hydrogens (tertiary/aromatic N) is 1. The van der Waals surface area contributed by atoms with E-state index in [9.17, 15) is 9.59 Å². The zero-order chi connectivity index (χ0) is 26.3. The normalized spacial score (nSPS) is 14.6. The third kappa shape index (κ3) is 11.8. The summed E-state index contributed by atoms with van der Waals surface area (Å²) in [6.07, 6.45) is 7.62. The van der Waals surface area contributed by atoms with Crippen LogP contribution in [0.3, 0.4) is 0 Å². The van der Waals surface area contributed by atoms with E-state index >= 15 is 0 Å². The standard InChI is InChI=1S/C23H38N4O3.C3H6O2/c1-5-15-23(2,3)26-22(28)29-16-20(27(4)25)21(24)17-11-13-19(14-12-17)30-18-9-7-6-8-10-18;1-2-5-3-4/h11-14,18H,5-10,15-16,24-25H2,1-4H3,(H,26,28);3H,2H2,1H3/b21-20-;. The monoisotopic (exact) mass is 492 g/mol. The first-order valence-electron chi connectivity index (χ1n) is 12.4. The molecule has 9 nitrogen and oxygen atoms in total. The van der Waals surface area contributed by atoms with Crippen LogP contribution in [-0.2, 0) is 14.3 Å². The maximum Gasteiger partial charge on any atom is 0.407 e. The molecule has 1 aromatic carbocycles. The molecule has 0 heterocycles. The molecule has 1 aliphatic rings. The molecule has 0 aliphatic heterocycles. The molecule has 0 saturated heterocycles. The van der Waals surface area contributed by atoms with E-state index in [0.717, 1.165) is 37.0 Å². The molecule has 0 unspecified atom stereocenters. The summed E-state index contributed by atoms with van der Waals surface area (Å²) in [5.41, 5.74) is 7.80. The molecule has 0 spiro atoms. The van der Waals surface area contributed by atoms with Crippen molar-refractivity contribution in [1.29, 1.82) is 0 Å². The first-order valence-corrected chi connectivity index (χ1v) is 12.4. The number of hydrogen-bond donors (Lipinski definition) is 3. The molecule has 0 aromatic heterocycles. The van der Waals surface area contributed by atoms with Gasteiger partial charge in [0.15, 0.2) is 0 Å². The largest absolute Gasteiger partial charge is 0.490 e. The molecule has 9 heteroatoms. The van der Waals surface area contributed by atoms with E-state index in [1.165, 1.54) is 24.3 Å². The average molecular weight is 493 g/mol. The van der Waals surface area contributed by atoms with Crippen molar-refractivity contribution in [2.75, 3.05) is 20.3 Å². The van der Waals surface area contributed by atoms with Crippen molar-refractivity contribution in [3.05, 3.63) is 35.5 Å². The number of amides is 1. The zero-order valence-electron chi connectivity index (χ0n) is 22.0. The molecule has 5 N–H and O–H groups in total. The molecule has 2 rings (SSSR count). The lowest BCUT2D eigenvalue weighted by atomic mass is 9.98. The van der Waals surface area contributed by atoms with Gasteiger partial charge in [0.25, 0.3) is 6.47 Å². The van der Waals surface area contributed by atoms with Crippen molar-refractivity contribution in [2.24, 2.45) is 11.6 Å². The number of carbonyl (C=O) groups excluding carboxylic acids is 2. The Labute approximate surface area is 210 Å². The lowest BCUT2D eigenvalue weighted by Crippen LogP contribution is -2.44. The van der Waals surface area contributed by atoms with Crippen molar-refractivity contribution in [3.63, 3.8) is 0 Å². The minimum Gasteiger partial charge on any atom is -0.490 e. The van der Waals surface area contributed by atoms with Gasteiger partial charge in [0, 0.05) is 12.6 Å².